The van der Waals surface area contributed by atoms with Crippen molar-refractivity contribution in [2.45, 2.75) is 24.7 Å². The van der Waals surface area contributed by atoms with Crippen LogP contribution in [-0.4, -0.2) is 0 Å². The van der Waals surface area contributed by atoms with Crippen LogP contribution < -0.4 is 0 Å². The molecule has 0 bridgehead atoms. The van der Waals surface area contributed by atoms with Gasteiger partial charge in [-0.3, -0.25) is 0 Å². The molecule has 2 fully saturated rings. The molecule has 0 radical (unpaired) electrons. The molecule has 3 aliphatic rings. The van der Waals surface area contributed by atoms with Gasteiger partial charge in [-0.2, -0.15) is 0 Å². The van der Waals surface area contributed by atoms with Gasteiger partial charge >= 0.3 is 0 Å². The topological polar surface area (TPSA) is 0 Å². The Morgan fingerprint density at radius 3 is 1.33 bits per heavy atom. The van der Waals surface area contributed by atoms with Crippen LogP contribution in [0.25, 0.3) is 0 Å². The smallest absolute Gasteiger partial charge is 0.0190 e. The third kappa shape index (κ3) is 0.914. The molecule has 2 saturated carbocycles. The van der Waals surface area contributed by atoms with E-state index in [2.05, 4.69) is 86.7 Å². The lowest BCUT2D eigenvalue weighted by atomic mass is 9.48. The summed E-state index contributed by atoms with van der Waals surface area (Å²) in [6.45, 7) is 4.96. The largest absolute Gasteiger partial charge is 0.0835 e. The molecule has 21 heavy (non-hydrogen) atoms. The molecule has 104 valence electrons. The molecule has 4 atom stereocenters. The first-order valence-corrected chi connectivity index (χ1v) is 7.98. The number of allylic oxidation sites excluding steroid dienone is 2. The van der Waals surface area contributed by atoms with Crippen molar-refractivity contribution in [1.82, 2.24) is 0 Å². The number of rotatable bonds is 2. The van der Waals surface area contributed by atoms with Crippen molar-refractivity contribution in [3.8, 4) is 0 Å². The molecule has 0 aromatic heterocycles. The van der Waals surface area contributed by atoms with Gasteiger partial charge in [0.2, 0.25) is 0 Å². The number of fused-ring (bicyclic) bond motifs is 4. The standard InChI is InChI=1S/C21H20/c1-19(2)20(15-9-5-3-6-10-15)17-13-14-18(17)21(19,20)16-11-7-4-8-12-16/h3-14,17-18H,1-2H3/t17-,18-,20-,21+/m0/s1. The van der Waals surface area contributed by atoms with Crippen molar-refractivity contribution in [3.63, 3.8) is 0 Å². The predicted molar refractivity (Wildman–Crippen MR) is 86.1 cm³/mol. The molecule has 0 aliphatic heterocycles. The summed E-state index contributed by atoms with van der Waals surface area (Å²) in [5.74, 6) is 1.46. The maximum atomic E-state index is 2.48. The SMILES string of the molecule is CC1(C)[C@]2(c3ccccc3)[C@H]3C=C[C@@H]3[C@]12c1ccccc1. The number of hydrogen-bond acceptors (Lipinski definition) is 0. The first-order chi connectivity index (χ1) is 10.2. The van der Waals surface area contributed by atoms with Gasteiger partial charge in [-0.15, -0.1) is 0 Å². The summed E-state index contributed by atoms with van der Waals surface area (Å²) in [6.07, 6.45) is 4.90. The fourth-order valence-corrected chi connectivity index (χ4v) is 6.33. The first-order valence-electron chi connectivity index (χ1n) is 7.98. The third-order valence-electron chi connectivity index (χ3n) is 6.90. The highest BCUT2D eigenvalue weighted by molar-refractivity contribution is 5.68. The average Bonchev–Trinajstić information content (AvgIpc) is 2.88. The highest BCUT2D eigenvalue weighted by Crippen LogP contribution is 2.94. The minimum Gasteiger partial charge on any atom is -0.0835 e. The van der Waals surface area contributed by atoms with Crippen LogP contribution in [-0.2, 0) is 10.8 Å². The van der Waals surface area contributed by atoms with E-state index in [1.807, 2.05) is 0 Å². The van der Waals surface area contributed by atoms with Crippen LogP contribution in [0, 0.1) is 17.3 Å². The van der Waals surface area contributed by atoms with E-state index >= 15 is 0 Å². The van der Waals surface area contributed by atoms with Gasteiger partial charge in [0.25, 0.3) is 0 Å². The Morgan fingerprint density at radius 1 is 0.619 bits per heavy atom. The zero-order valence-corrected chi connectivity index (χ0v) is 12.6. The predicted octanol–water partition coefficient (Wildman–Crippen LogP) is 4.72. The first kappa shape index (κ1) is 11.8. The number of hydrogen-bond donors (Lipinski definition) is 0. The Hall–Kier alpha value is -1.82. The molecule has 5 rings (SSSR count). The van der Waals surface area contributed by atoms with Crippen LogP contribution in [0.4, 0.5) is 0 Å². The van der Waals surface area contributed by atoms with E-state index in [-0.39, 0.29) is 0 Å². The average molecular weight is 272 g/mol. The van der Waals surface area contributed by atoms with Crippen molar-refractivity contribution < 1.29 is 0 Å². The Labute approximate surface area is 126 Å². The second kappa shape index (κ2) is 3.32. The molecule has 0 saturated heterocycles. The highest BCUT2D eigenvalue weighted by Gasteiger charge is 2.95. The van der Waals surface area contributed by atoms with Crippen LogP contribution >= 0.6 is 0 Å². The highest BCUT2D eigenvalue weighted by atomic mass is 15.0. The fraction of sp³-hybridized carbons (Fsp3) is 0.333. The van der Waals surface area contributed by atoms with Crippen molar-refractivity contribution in [2.24, 2.45) is 17.3 Å². The molecular weight excluding hydrogens is 252 g/mol. The molecule has 0 spiro atoms. The normalized spacial score (nSPS) is 40.5. The van der Waals surface area contributed by atoms with Gasteiger partial charge in [0.15, 0.2) is 0 Å². The molecule has 0 unspecified atom stereocenters. The molecule has 0 N–H and O–H groups in total. The molecule has 0 nitrogen and oxygen atoms in total. The van der Waals surface area contributed by atoms with Crippen molar-refractivity contribution in [1.29, 1.82) is 0 Å². The lowest BCUT2D eigenvalue weighted by molar-refractivity contribution is 0.143. The number of benzene rings is 2. The van der Waals surface area contributed by atoms with Gasteiger partial charge in [-0.1, -0.05) is 86.7 Å². The van der Waals surface area contributed by atoms with Crippen LogP contribution in [0.3, 0.4) is 0 Å². The van der Waals surface area contributed by atoms with Crippen LogP contribution in [0.2, 0.25) is 0 Å². The quantitative estimate of drug-likeness (QED) is 0.694. The van der Waals surface area contributed by atoms with Gasteiger partial charge in [0.1, 0.15) is 0 Å². The third-order valence-corrected chi connectivity index (χ3v) is 6.90. The van der Waals surface area contributed by atoms with Crippen LogP contribution in [0.1, 0.15) is 25.0 Å². The zero-order valence-electron chi connectivity index (χ0n) is 12.6. The van der Waals surface area contributed by atoms with Crippen molar-refractivity contribution >= 4 is 0 Å². The van der Waals surface area contributed by atoms with E-state index in [0.717, 1.165) is 11.8 Å². The summed E-state index contributed by atoms with van der Waals surface area (Å²) in [5, 5.41) is 0. The Bertz CT molecular complexity index is 677. The summed E-state index contributed by atoms with van der Waals surface area (Å²) < 4.78 is 0. The van der Waals surface area contributed by atoms with Gasteiger partial charge in [0.05, 0.1) is 0 Å². The van der Waals surface area contributed by atoms with E-state index in [9.17, 15) is 0 Å². The van der Waals surface area contributed by atoms with E-state index in [0.29, 0.717) is 16.2 Å². The van der Waals surface area contributed by atoms with E-state index in [4.69, 9.17) is 0 Å². The lowest BCUT2D eigenvalue weighted by Crippen LogP contribution is -2.54. The van der Waals surface area contributed by atoms with Gasteiger partial charge in [-0.25, -0.2) is 0 Å². The van der Waals surface area contributed by atoms with Gasteiger partial charge in [-0.05, 0) is 28.4 Å². The Kier molecular flexibility index (Phi) is 1.87. The van der Waals surface area contributed by atoms with Crippen LogP contribution in [0.15, 0.2) is 72.8 Å². The van der Waals surface area contributed by atoms with E-state index in [1.165, 1.54) is 11.1 Å². The van der Waals surface area contributed by atoms with Gasteiger partial charge in [0, 0.05) is 10.8 Å². The molecule has 0 heteroatoms. The zero-order chi connectivity index (χ0) is 14.3. The molecule has 2 aromatic carbocycles. The molecule has 2 aromatic rings. The van der Waals surface area contributed by atoms with Crippen LogP contribution in [0.5, 0.6) is 0 Å². The van der Waals surface area contributed by atoms with Gasteiger partial charge < -0.3 is 0 Å². The minimum absolute atomic E-state index is 0.308. The minimum atomic E-state index is 0.308. The maximum absolute atomic E-state index is 2.48. The Morgan fingerprint density at radius 2 is 1.00 bits per heavy atom. The summed E-state index contributed by atoms with van der Waals surface area (Å²) in [7, 11) is 0. The maximum Gasteiger partial charge on any atom is 0.0190 e. The summed E-state index contributed by atoms with van der Waals surface area (Å²) >= 11 is 0. The molecular formula is C21H20. The molecule has 0 amide bonds. The molecule has 0 heterocycles. The monoisotopic (exact) mass is 272 g/mol. The summed E-state index contributed by atoms with van der Waals surface area (Å²) in [6, 6.07) is 22.4. The van der Waals surface area contributed by atoms with Crippen molar-refractivity contribution in [2.75, 3.05) is 0 Å². The summed E-state index contributed by atoms with van der Waals surface area (Å²) in [5.41, 5.74) is 4.00. The summed E-state index contributed by atoms with van der Waals surface area (Å²) in [4.78, 5) is 0. The fourth-order valence-electron chi connectivity index (χ4n) is 6.33. The second-order valence-electron chi connectivity index (χ2n) is 7.41. The lowest BCUT2D eigenvalue weighted by Gasteiger charge is -2.54. The van der Waals surface area contributed by atoms with Crippen molar-refractivity contribution in [3.05, 3.63) is 83.9 Å². The Balaban J connectivity index is 1.78. The molecule has 3 aliphatic carbocycles. The van der Waals surface area contributed by atoms with E-state index in [1.54, 1.807) is 0 Å². The van der Waals surface area contributed by atoms with E-state index < -0.39 is 0 Å². The second-order valence-corrected chi connectivity index (χ2v) is 7.41.